The molecule has 1 aliphatic rings. The summed E-state index contributed by atoms with van der Waals surface area (Å²) in [5.74, 6) is 0.699. The van der Waals surface area contributed by atoms with E-state index in [4.69, 9.17) is 0 Å². The van der Waals surface area contributed by atoms with Crippen LogP contribution in [0.3, 0.4) is 0 Å². The lowest BCUT2D eigenvalue weighted by Gasteiger charge is -2.23. The zero-order valence-corrected chi connectivity index (χ0v) is 13.1. The number of benzene rings is 1. The molecule has 0 atom stereocenters. The van der Waals surface area contributed by atoms with Gasteiger partial charge >= 0.3 is 0 Å². The summed E-state index contributed by atoms with van der Waals surface area (Å²) < 4.78 is 1.16. The van der Waals surface area contributed by atoms with Gasteiger partial charge in [-0.15, -0.1) is 0 Å². The average Bonchev–Trinajstić information content (AvgIpc) is 3.13. The standard InChI is InChI=1S/C15H23BrN2/c1-11(2)9-17-10-12-4-5-13(16)8-15(12)18(3)14-6-7-14/h4-5,8,11,14,17H,6-7,9-10H2,1-3H3. The molecule has 0 unspecified atom stereocenters. The Balaban J connectivity index is 2.07. The van der Waals surface area contributed by atoms with Crippen LogP contribution in [0.1, 0.15) is 32.3 Å². The monoisotopic (exact) mass is 310 g/mol. The highest BCUT2D eigenvalue weighted by Gasteiger charge is 2.27. The van der Waals surface area contributed by atoms with Gasteiger partial charge in [-0.3, -0.25) is 0 Å². The molecule has 100 valence electrons. The SMILES string of the molecule is CC(C)CNCc1ccc(Br)cc1N(C)C1CC1. The molecule has 0 spiro atoms. The van der Waals surface area contributed by atoms with Crippen molar-refractivity contribution in [2.75, 3.05) is 18.5 Å². The van der Waals surface area contributed by atoms with Crippen LogP contribution in [-0.2, 0) is 6.54 Å². The quantitative estimate of drug-likeness (QED) is 0.860. The van der Waals surface area contributed by atoms with Gasteiger partial charge in [0.25, 0.3) is 0 Å². The first kappa shape index (κ1) is 13.9. The van der Waals surface area contributed by atoms with Crippen molar-refractivity contribution in [3.05, 3.63) is 28.2 Å². The smallest absolute Gasteiger partial charge is 0.0423 e. The van der Waals surface area contributed by atoms with E-state index >= 15 is 0 Å². The van der Waals surface area contributed by atoms with E-state index in [-0.39, 0.29) is 0 Å². The van der Waals surface area contributed by atoms with Gasteiger partial charge < -0.3 is 10.2 Å². The largest absolute Gasteiger partial charge is 0.371 e. The van der Waals surface area contributed by atoms with Crippen molar-refractivity contribution in [2.24, 2.45) is 5.92 Å². The van der Waals surface area contributed by atoms with Crippen LogP contribution >= 0.6 is 15.9 Å². The molecule has 1 saturated carbocycles. The number of nitrogens with one attached hydrogen (secondary N) is 1. The number of hydrogen-bond acceptors (Lipinski definition) is 2. The highest BCUT2D eigenvalue weighted by molar-refractivity contribution is 9.10. The summed E-state index contributed by atoms with van der Waals surface area (Å²) >= 11 is 3.58. The Bertz CT molecular complexity index is 399. The highest BCUT2D eigenvalue weighted by atomic mass is 79.9. The Labute approximate surface area is 119 Å². The molecule has 1 fully saturated rings. The molecule has 0 amide bonds. The molecule has 0 heterocycles. The van der Waals surface area contributed by atoms with Crippen molar-refractivity contribution in [1.82, 2.24) is 5.32 Å². The third-order valence-electron chi connectivity index (χ3n) is 3.39. The molecular formula is C15H23BrN2. The topological polar surface area (TPSA) is 15.3 Å². The van der Waals surface area contributed by atoms with Crippen LogP contribution in [-0.4, -0.2) is 19.6 Å². The van der Waals surface area contributed by atoms with Gasteiger partial charge in [0.05, 0.1) is 0 Å². The van der Waals surface area contributed by atoms with Gasteiger partial charge in [-0.1, -0.05) is 35.8 Å². The van der Waals surface area contributed by atoms with Crippen LogP contribution in [0.15, 0.2) is 22.7 Å². The number of anilines is 1. The normalized spacial score (nSPS) is 15.2. The fraction of sp³-hybridized carbons (Fsp3) is 0.600. The maximum Gasteiger partial charge on any atom is 0.0423 e. The maximum atomic E-state index is 3.58. The summed E-state index contributed by atoms with van der Waals surface area (Å²) in [6, 6.07) is 7.36. The summed E-state index contributed by atoms with van der Waals surface area (Å²) in [4.78, 5) is 2.43. The van der Waals surface area contributed by atoms with Crippen LogP contribution in [0.25, 0.3) is 0 Å². The van der Waals surface area contributed by atoms with Gasteiger partial charge in [-0.2, -0.15) is 0 Å². The summed E-state index contributed by atoms with van der Waals surface area (Å²) in [5.41, 5.74) is 2.76. The molecule has 2 rings (SSSR count). The molecule has 1 aliphatic carbocycles. The number of halogens is 1. The molecule has 3 heteroatoms. The van der Waals surface area contributed by atoms with Gasteiger partial charge in [-0.05, 0) is 43.0 Å². The van der Waals surface area contributed by atoms with E-state index in [1.807, 2.05) is 0 Å². The van der Waals surface area contributed by atoms with Crippen LogP contribution < -0.4 is 10.2 Å². The van der Waals surface area contributed by atoms with E-state index in [1.165, 1.54) is 24.1 Å². The second-order valence-corrected chi connectivity index (χ2v) is 6.56. The summed E-state index contributed by atoms with van der Waals surface area (Å²) in [5, 5.41) is 3.53. The van der Waals surface area contributed by atoms with Crippen molar-refractivity contribution in [2.45, 2.75) is 39.3 Å². The third kappa shape index (κ3) is 3.72. The highest BCUT2D eigenvalue weighted by Crippen LogP contribution is 2.33. The predicted molar refractivity (Wildman–Crippen MR) is 82.1 cm³/mol. The van der Waals surface area contributed by atoms with Crippen LogP contribution in [0.2, 0.25) is 0 Å². The van der Waals surface area contributed by atoms with Gasteiger partial charge in [0.15, 0.2) is 0 Å². The molecular weight excluding hydrogens is 288 g/mol. The van der Waals surface area contributed by atoms with Crippen molar-refractivity contribution >= 4 is 21.6 Å². The first-order valence-corrected chi connectivity index (χ1v) is 7.59. The van der Waals surface area contributed by atoms with Crippen molar-refractivity contribution in [1.29, 1.82) is 0 Å². The molecule has 2 nitrogen and oxygen atoms in total. The number of rotatable bonds is 6. The van der Waals surface area contributed by atoms with E-state index in [1.54, 1.807) is 0 Å². The molecule has 1 aromatic carbocycles. The number of nitrogens with zero attached hydrogens (tertiary/aromatic N) is 1. The predicted octanol–water partition coefficient (Wildman–Crippen LogP) is 3.79. The van der Waals surface area contributed by atoms with E-state index < -0.39 is 0 Å². The fourth-order valence-electron chi connectivity index (χ4n) is 2.17. The molecule has 0 aromatic heterocycles. The minimum Gasteiger partial charge on any atom is -0.371 e. The fourth-order valence-corrected chi connectivity index (χ4v) is 2.52. The Kier molecular flexibility index (Phi) is 4.68. The zero-order chi connectivity index (χ0) is 13.1. The van der Waals surface area contributed by atoms with E-state index in [2.05, 4.69) is 65.2 Å². The van der Waals surface area contributed by atoms with Crippen LogP contribution in [0.5, 0.6) is 0 Å². The van der Waals surface area contributed by atoms with E-state index in [0.717, 1.165) is 23.6 Å². The van der Waals surface area contributed by atoms with E-state index in [0.29, 0.717) is 5.92 Å². The summed E-state index contributed by atoms with van der Waals surface area (Å²) in [6.07, 6.45) is 2.67. The van der Waals surface area contributed by atoms with Gasteiger partial charge in [0, 0.05) is 29.8 Å². The molecule has 0 radical (unpaired) electrons. The van der Waals surface area contributed by atoms with Gasteiger partial charge in [-0.25, -0.2) is 0 Å². The molecule has 1 N–H and O–H groups in total. The molecule has 0 saturated heterocycles. The van der Waals surface area contributed by atoms with Crippen molar-refractivity contribution in [3.8, 4) is 0 Å². The van der Waals surface area contributed by atoms with Crippen LogP contribution in [0.4, 0.5) is 5.69 Å². The lowest BCUT2D eigenvalue weighted by Crippen LogP contribution is -2.24. The third-order valence-corrected chi connectivity index (χ3v) is 3.88. The van der Waals surface area contributed by atoms with Crippen LogP contribution in [0, 0.1) is 5.92 Å². The van der Waals surface area contributed by atoms with Gasteiger partial charge in [0.1, 0.15) is 0 Å². The second kappa shape index (κ2) is 6.07. The Morgan fingerprint density at radius 2 is 2.11 bits per heavy atom. The van der Waals surface area contributed by atoms with E-state index in [9.17, 15) is 0 Å². The lowest BCUT2D eigenvalue weighted by molar-refractivity contribution is 0.552. The summed E-state index contributed by atoms with van der Waals surface area (Å²) in [6.45, 7) is 6.51. The minimum absolute atomic E-state index is 0.699. The average molecular weight is 311 g/mol. The molecule has 18 heavy (non-hydrogen) atoms. The molecule has 0 bridgehead atoms. The minimum atomic E-state index is 0.699. The number of hydrogen-bond donors (Lipinski definition) is 1. The lowest BCUT2D eigenvalue weighted by atomic mass is 10.1. The maximum absolute atomic E-state index is 3.58. The summed E-state index contributed by atoms with van der Waals surface area (Å²) in [7, 11) is 2.21. The molecule has 1 aromatic rings. The Morgan fingerprint density at radius 3 is 2.72 bits per heavy atom. The first-order chi connectivity index (χ1) is 8.58. The van der Waals surface area contributed by atoms with Crippen molar-refractivity contribution < 1.29 is 0 Å². The Hall–Kier alpha value is -0.540. The zero-order valence-electron chi connectivity index (χ0n) is 11.5. The first-order valence-electron chi connectivity index (χ1n) is 6.80. The Morgan fingerprint density at radius 1 is 1.39 bits per heavy atom. The molecule has 0 aliphatic heterocycles. The van der Waals surface area contributed by atoms with Crippen molar-refractivity contribution in [3.63, 3.8) is 0 Å². The second-order valence-electron chi connectivity index (χ2n) is 5.64. The van der Waals surface area contributed by atoms with Gasteiger partial charge in [0.2, 0.25) is 0 Å².